The van der Waals surface area contributed by atoms with Crippen molar-refractivity contribution in [3.05, 3.63) is 11.4 Å². The van der Waals surface area contributed by atoms with Gasteiger partial charge in [-0.1, -0.05) is 13.3 Å². The number of rotatable bonds is 4. The third-order valence-electron chi connectivity index (χ3n) is 4.09. The summed E-state index contributed by atoms with van der Waals surface area (Å²) in [5, 5.41) is 3.46. The van der Waals surface area contributed by atoms with E-state index < -0.39 is 0 Å². The van der Waals surface area contributed by atoms with Gasteiger partial charge in [0, 0.05) is 12.1 Å². The maximum Gasteiger partial charge on any atom is 0.134 e. The number of anilines is 2. The monoisotopic (exact) mass is 234 g/mol. The summed E-state index contributed by atoms with van der Waals surface area (Å²) in [6.45, 7) is 7.12. The van der Waals surface area contributed by atoms with Gasteiger partial charge < -0.3 is 11.1 Å². The van der Waals surface area contributed by atoms with E-state index in [-0.39, 0.29) is 0 Å². The van der Waals surface area contributed by atoms with E-state index in [1.807, 2.05) is 13.8 Å². The van der Waals surface area contributed by atoms with E-state index in [0.717, 1.165) is 23.8 Å². The van der Waals surface area contributed by atoms with Crippen LogP contribution in [0.3, 0.4) is 0 Å². The second-order valence-corrected chi connectivity index (χ2v) is 5.19. The standard InChI is InChI=1S/C13H22N4/c1-4-13(6-5-7-13)8-15-12-9(2)11(14)16-10(3)17-12/h4-8H2,1-3H3,(H3,14,15,16,17). The molecule has 17 heavy (non-hydrogen) atoms. The maximum atomic E-state index is 5.85. The van der Waals surface area contributed by atoms with Gasteiger partial charge in [0.2, 0.25) is 0 Å². The second-order valence-electron chi connectivity index (χ2n) is 5.19. The fourth-order valence-corrected chi connectivity index (χ4v) is 2.43. The average molecular weight is 234 g/mol. The van der Waals surface area contributed by atoms with Gasteiger partial charge in [-0.3, -0.25) is 0 Å². The lowest BCUT2D eigenvalue weighted by Gasteiger charge is -2.41. The highest BCUT2D eigenvalue weighted by molar-refractivity contribution is 5.54. The first-order valence-corrected chi connectivity index (χ1v) is 6.41. The van der Waals surface area contributed by atoms with Crippen LogP contribution >= 0.6 is 0 Å². The zero-order valence-corrected chi connectivity index (χ0v) is 11.0. The molecule has 0 bridgehead atoms. The molecule has 1 saturated carbocycles. The quantitative estimate of drug-likeness (QED) is 0.840. The number of aromatic nitrogens is 2. The summed E-state index contributed by atoms with van der Waals surface area (Å²) in [5.74, 6) is 2.21. The van der Waals surface area contributed by atoms with Gasteiger partial charge in [-0.05, 0) is 38.5 Å². The fourth-order valence-electron chi connectivity index (χ4n) is 2.43. The molecule has 1 aromatic heterocycles. The summed E-state index contributed by atoms with van der Waals surface area (Å²) >= 11 is 0. The van der Waals surface area contributed by atoms with Gasteiger partial charge in [-0.25, -0.2) is 9.97 Å². The number of aryl methyl sites for hydroxylation is 1. The first-order chi connectivity index (χ1) is 8.06. The van der Waals surface area contributed by atoms with Crippen LogP contribution in [0.15, 0.2) is 0 Å². The number of hydrogen-bond acceptors (Lipinski definition) is 4. The molecular formula is C13H22N4. The molecule has 0 aliphatic heterocycles. The summed E-state index contributed by atoms with van der Waals surface area (Å²) < 4.78 is 0. The molecule has 0 atom stereocenters. The second kappa shape index (κ2) is 4.51. The Balaban J connectivity index is 2.08. The van der Waals surface area contributed by atoms with Crippen molar-refractivity contribution in [3.8, 4) is 0 Å². The summed E-state index contributed by atoms with van der Waals surface area (Å²) in [6, 6.07) is 0. The van der Waals surface area contributed by atoms with Crippen LogP contribution in [0.1, 0.15) is 44.0 Å². The molecule has 1 fully saturated rings. The molecule has 4 nitrogen and oxygen atoms in total. The number of nitrogens with two attached hydrogens (primary N) is 1. The fraction of sp³-hybridized carbons (Fsp3) is 0.692. The summed E-state index contributed by atoms with van der Waals surface area (Å²) in [5.41, 5.74) is 7.29. The first-order valence-electron chi connectivity index (χ1n) is 6.41. The van der Waals surface area contributed by atoms with Crippen LogP contribution in [0, 0.1) is 19.3 Å². The van der Waals surface area contributed by atoms with Crippen molar-refractivity contribution >= 4 is 11.6 Å². The lowest BCUT2D eigenvalue weighted by molar-refractivity contribution is 0.145. The van der Waals surface area contributed by atoms with E-state index in [1.165, 1.54) is 25.7 Å². The Morgan fingerprint density at radius 1 is 1.29 bits per heavy atom. The van der Waals surface area contributed by atoms with Crippen molar-refractivity contribution in [2.75, 3.05) is 17.6 Å². The number of nitrogens with zero attached hydrogens (tertiary/aromatic N) is 2. The van der Waals surface area contributed by atoms with Crippen molar-refractivity contribution in [1.29, 1.82) is 0 Å². The molecule has 0 aromatic carbocycles. The van der Waals surface area contributed by atoms with Crippen molar-refractivity contribution in [2.24, 2.45) is 5.41 Å². The van der Waals surface area contributed by atoms with Gasteiger partial charge >= 0.3 is 0 Å². The van der Waals surface area contributed by atoms with E-state index in [4.69, 9.17) is 5.73 Å². The third-order valence-corrected chi connectivity index (χ3v) is 4.09. The Hall–Kier alpha value is -1.32. The molecule has 1 aromatic rings. The first kappa shape index (κ1) is 12.1. The SMILES string of the molecule is CCC1(CNc2nc(C)nc(N)c2C)CCC1. The van der Waals surface area contributed by atoms with Gasteiger partial charge in [-0.2, -0.15) is 0 Å². The van der Waals surface area contributed by atoms with Crippen LogP contribution in [0.2, 0.25) is 0 Å². The van der Waals surface area contributed by atoms with Crippen LogP contribution in [0.4, 0.5) is 11.6 Å². The molecular weight excluding hydrogens is 212 g/mol. The minimum absolute atomic E-state index is 0.486. The molecule has 0 amide bonds. The largest absolute Gasteiger partial charge is 0.383 e. The molecule has 0 spiro atoms. The van der Waals surface area contributed by atoms with Gasteiger partial charge in [0.05, 0.1) is 0 Å². The van der Waals surface area contributed by atoms with Gasteiger partial charge in [-0.15, -0.1) is 0 Å². The summed E-state index contributed by atoms with van der Waals surface area (Å²) in [7, 11) is 0. The van der Waals surface area contributed by atoms with Gasteiger partial charge in [0.1, 0.15) is 17.5 Å². The lowest BCUT2D eigenvalue weighted by Crippen LogP contribution is -2.36. The predicted octanol–water partition coefficient (Wildman–Crippen LogP) is 2.67. The predicted molar refractivity (Wildman–Crippen MR) is 71.0 cm³/mol. The summed E-state index contributed by atoms with van der Waals surface area (Å²) in [6.07, 6.45) is 5.25. The smallest absolute Gasteiger partial charge is 0.134 e. The van der Waals surface area contributed by atoms with E-state index in [2.05, 4.69) is 22.2 Å². The molecule has 0 saturated heterocycles. The third kappa shape index (κ3) is 2.35. The van der Waals surface area contributed by atoms with Crippen molar-refractivity contribution in [3.63, 3.8) is 0 Å². The molecule has 4 heteroatoms. The maximum absolute atomic E-state index is 5.85. The zero-order valence-electron chi connectivity index (χ0n) is 11.0. The van der Waals surface area contributed by atoms with E-state index in [0.29, 0.717) is 11.2 Å². The van der Waals surface area contributed by atoms with Crippen LogP contribution in [0.5, 0.6) is 0 Å². The highest BCUT2D eigenvalue weighted by Gasteiger charge is 2.34. The molecule has 1 heterocycles. The zero-order chi connectivity index (χ0) is 12.5. The minimum atomic E-state index is 0.486. The highest BCUT2D eigenvalue weighted by atomic mass is 15.1. The Morgan fingerprint density at radius 3 is 2.53 bits per heavy atom. The normalized spacial score (nSPS) is 17.6. The Labute approximate surface area is 103 Å². The van der Waals surface area contributed by atoms with Gasteiger partial charge in [0.15, 0.2) is 0 Å². The van der Waals surface area contributed by atoms with Gasteiger partial charge in [0.25, 0.3) is 0 Å². The topological polar surface area (TPSA) is 63.8 Å². The molecule has 1 aliphatic carbocycles. The molecule has 0 radical (unpaired) electrons. The lowest BCUT2D eigenvalue weighted by atomic mass is 9.67. The van der Waals surface area contributed by atoms with Crippen molar-refractivity contribution in [1.82, 2.24) is 9.97 Å². The van der Waals surface area contributed by atoms with Crippen molar-refractivity contribution < 1.29 is 0 Å². The Kier molecular flexibility index (Phi) is 3.22. The molecule has 0 unspecified atom stereocenters. The number of hydrogen-bond donors (Lipinski definition) is 2. The van der Waals surface area contributed by atoms with Crippen molar-refractivity contribution in [2.45, 2.75) is 46.5 Å². The average Bonchev–Trinajstić information content (AvgIpc) is 2.23. The Bertz CT molecular complexity index is 405. The minimum Gasteiger partial charge on any atom is -0.383 e. The highest BCUT2D eigenvalue weighted by Crippen LogP contribution is 2.43. The van der Waals surface area contributed by atoms with Crippen LogP contribution < -0.4 is 11.1 Å². The van der Waals surface area contributed by atoms with Crippen LogP contribution in [-0.2, 0) is 0 Å². The molecule has 3 N–H and O–H groups in total. The Morgan fingerprint density at radius 2 is 2.00 bits per heavy atom. The van der Waals surface area contributed by atoms with E-state index >= 15 is 0 Å². The summed E-state index contributed by atoms with van der Waals surface area (Å²) in [4.78, 5) is 8.59. The van der Waals surface area contributed by atoms with Crippen LogP contribution in [-0.4, -0.2) is 16.5 Å². The van der Waals surface area contributed by atoms with Crippen LogP contribution in [0.25, 0.3) is 0 Å². The van der Waals surface area contributed by atoms with E-state index in [9.17, 15) is 0 Å². The van der Waals surface area contributed by atoms with E-state index in [1.54, 1.807) is 0 Å². The number of nitrogen functional groups attached to an aromatic ring is 1. The number of nitrogens with one attached hydrogen (secondary N) is 1. The molecule has 1 aliphatic rings. The molecule has 94 valence electrons. The molecule has 2 rings (SSSR count).